The Morgan fingerprint density at radius 2 is 1.97 bits per heavy atom. The van der Waals surface area contributed by atoms with Crippen LogP contribution in [0.25, 0.3) is 0 Å². The Morgan fingerprint density at radius 1 is 1.22 bits per heavy atom. The Bertz CT molecular complexity index is 959. The summed E-state index contributed by atoms with van der Waals surface area (Å²) in [5, 5.41) is 23.7. The molecule has 3 aliphatic rings. The summed E-state index contributed by atoms with van der Waals surface area (Å²) >= 11 is 0. The van der Waals surface area contributed by atoms with E-state index in [1.54, 1.807) is 17.8 Å². The molecule has 4 N–H and O–H groups in total. The van der Waals surface area contributed by atoms with Crippen LogP contribution in [0, 0.1) is 18.8 Å². The van der Waals surface area contributed by atoms with Crippen molar-refractivity contribution >= 4 is 23.5 Å². The van der Waals surface area contributed by atoms with Gasteiger partial charge in [0.25, 0.3) is 0 Å². The summed E-state index contributed by atoms with van der Waals surface area (Å²) in [6.45, 7) is 5.88. The highest BCUT2D eigenvalue weighted by atomic mass is 16.3. The minimum atomic E-state index is -0.459. The van der Waals surface area contributed by atoms with Crippen LogP contribution < -0.4 is 16.0 Å². The number of likely N-dealkylation sites (tertiary alicyclic amines) is 1. The number of rotatable bonds is 7. The van der Waals surface area contributed by atoms with Crippen molar-refractivity contribution in [2.75, 3.05) is 23.7 Å². The molecule has 3 heterocycles. The van der Waals surface area contributed by atoms with Gasteiger partial charge in [-0.05, 0) is 51.4 Å². The van der Waals surface area contributed by atoms with Crippen molar-refractivity contribution in [3.05, 3.63) is 24.2 Å². The van der Waals surface area contributed by atoms with E-state index in [4.69, 9.17) is 0 Å². The molecular formula is C22H32N8O2. The maximum atomic E-state index is 12.3. The number of aromatic nitrogens is 4. The summed E-state index contributed by atoms with van der Waals surface area (Å²) in [6, 6.07) is 0.882. The SMILES string of the molecule is Cc1cnc(Nc2cnn(CC(C)O)c2)nc1NC1CC2CN(C(=O)NC3CC3)CC2C1. The molecule has 5 rings (SSSR count). The number of carbonyl (C=O) groups excluding carboxylic acids is 1. The summed E-state index contributed by atoms with van der Waals surface area (Å²) in [5.41, 5.74) is 1.78. The van der Waals surface area contributed by atoms with E-state index in [0.717, 1.165) is 55.8 Å². The number of urea groups is 1. The average molecular weight is 441 g/mol. The third-order valence-electron chi connectivity index (χ3n) is 6.60. The van der Waals surface area contributed by atoms with Crippen molar-refractivity contribution in [1.29, 1.82) is 0 Å². The van der Waals surface area contributed by atoms with E-state index < -0.39 is 6.10 Å². The molecule has 10 nitrogen and oxygen atoms in total. The topological polar surface area (TPSA) is 120 Å². The smallest absolute Gasteiger partial charge is 0.317 e. The van der Waals surface area contributed by atoms with Gasteiger partial charge in [0.2, 0.25) is 5.95 Å². The second-order valence-corrected chi connectivity index (χ2v) is 9.61. The number of carbonyl (C=O) groups is 1. The number of hydrogen-bond donors (Lipinski definition) is 4. The second-order valence-electron chi connectivity index (χ2n) is 9.61. The summed E-state index contributed by atoms with van der Waals surface area (Å²) in [7, 11) is 0. The zero-order chi connectivity index (χ0) is 22.2. The van der Waals surface area contributed by atoms with E-state index in [9.17, 15) is 9.90 Å². The number of aliphatic hydroxyl groups is 1. The van der Waals surface area contributed by atoms with E-state index in [-0.39, 0.29) is 6.03 Å². The Morgan fingerprint density at radius 3 is 2.66 bits per heavy atom. The maximum absolute atomic E-state index is 12.3. The molecule has 172 valence electrons. The van der Waals surface area contributed by atoms with Crippen LogP contribution >= 0.6 is 0 Å². The van der Waals surface area contributed by atoms with Gasteiger partial charge in [-0.3, -0.25) is 4.68 Å². The number of nitrogens with one attached hydrogen (secondary N) is 3. The molecular weight excluding hydrogens is 408 g/mol. The van der Waals surface area contributed by atoms with E-state index >= 15 is 0 Å². The average Bonchev–Trinajstić information content (AvgIpc) is 3.11. The second kappa shape index (κ2) is 8.57. The molecule has 10 heteroatoms. The van der Waals surface area contributed by atoms with Gasteiger partial charge >= 0.3 is 6.03 Å². The number of amides is 2. The Balaban J connectivity index is 1.17. The van der Waals surface area contributed by atoms with Crippen molar-refractivity contribution in [1.82, 2.24) is 30.0 Å². The molecule has 0 bridgehead atoms. The van der Waals surface area contributed by atoms with Crippen molar-refractivity contribution in [2.24, 2.45) is 11.8 Å². The first-order valence-corrected chi connectivity index (χ1v) is 11.6. The van der Waals surface area contributed by atoms with Gasteiger partial charge in [0, 0.05) is 43.1 Å². The number of hydrogen-bond acceptors (Lipinski definition) is 7. The fourth-order valence-corrected chi connectivity index (χ4v) is 4.85. The quantitative estimate of drug-likeness (QED) is 0.520. The molecule has 2 amide bonds. The Kier molecular flexibility index (Phi) is 5.62. The molecule has 1 aliphatic heterocycles. The Hall–Kier alpha value is -2.88. The van der Waals surface area contributed by atoms with Crippen LogP contribution in [0.2, 0.25) is 0 Å². The minimum absolute atomic E-state index is 0.116. The van der Waals surface area contributed by atoms with Gasteiger partial charge in [-0.25, -0.2) is 9.78 Å². The molecule has 2 aliphatic carbocycles. The number of nitrogens with zero attached hydrogens (tertiary/aromatic N) is 5. The molecule has 3 fully saturated rings. The molecule has 0 aromatic carbocycles. The van der Waals surface area contributed by atoms with Gasteiger partial charge in [0.1, 0.15) is 5.82 Å². The van der Waals surface area contributed by atoms with Crippen LogP contribution in [0.1, 0.15) is 38.2 Å². The van der Waals surface area contributed by atoms with Gasteiger partial charge < -0.3 is 26.0 Å². The predicted molar refractivity (Wildman–Crippen MR) is 121 cm³/mol. The van der Waals surface area contributed by atoms with Crippen LogP contribution in [0.5, 0.6) is 0 Å². The number of aliphatic hydroxyl groups excluding tert-OH is 1. The lowest BCUT2D eigenvalue weighted by atomic mass is 10.0. The summed E-state index contributed by atoms with van der Waals surface area (Å²) in [5.74, 6) is 2.46. The Labute approximate surface area is 187 Å². The lowest BCUT2D eigenvalue weighted by molar-refractivity contribution is 0.168. The van der Waals surface area contributed by atoms with Crippen LogP contribution in [0.3, 0.4) is 0 Å². The fourth-order valence-electron chi connectivity index (χ4n) is 4.85. The molecule has 1 saturated heterocycles. The van der Waals surface area contributed by atoms with Crippen LogP contribution in [0.4, 0.5) is 22.2 Å². The van der Waals surface area contributed by atoms with Gasteiger partial charge in [-0.2, -0.15) is 10.1 Å². The van der Waals surface area contributed by atoms with Crippen LogP contribution in [-0.4, -0.2) is 67.1 Å². The molecule has 3 unspecified atom stereocenters. The van der Waals surface area contributed by atoms with Crippen LogP contribution in [-0.2, 0) is 6.54 Å². The van der Waals surface area contributed by atoms with E-state index in [1.165, 1.54) is 0 Å². The molecule has 2 aromatic heterocycles. The van der Waals surface area contributed by atoms with Crippen molar-refractivity contribution < 1.29 is 9.90 Å². The van der Waals surface area contributed by atoms with Gasteiger partial charge in [-0.15, -0.1) is 0 Å². The van der Waals surface area contributed by atoms with Crippen molar-refractivity contribution in [3.8, 4) is 0 Å². The summed E-state index contributed by atoms with van der Waals surface area (Å²) < 4.78 is 1.69. The molecule has 2 aromatic rings. The van der Waals surface area contributed by atoms with Crippen molar-refractivity contribution in [3.63, 3.8) is 0 Å². The van der Waals surface area contributed by atoms with E-state index in [0.29, 0.717) is 36.4 Å². The number of fused-ring (bicyclic) bond motifs is 1. The first-order chi connectivity index (χ1) is 15.4. The molecule has 32 heavy (non-hydrogen) atoms. The number of anilines is 3. The zero-order valence-electron chi connectivity index (χ0n) is 18.7. The largest absolute Gasteiger partial charge is 0.391 e. The van der Waals surface area contributed by atoms with Gasteiger partial charge in [0.15, 0.2) is 0 Å². The molecule has 3 atom stereocenters. The third kappa shape index (κ3) is 4.79. The van der Waals surface area contributed by atoms with Gasteiger partial charge in [-0.1, -0.05) is 0 Å². The maximum Gasteiger partial charge on any atom is 0.317 e. The standard InChI is InChI=1S/C22H32N8O2/c1-13-7-23-21(26-19-8-24-30(12-19)9-14(2)31)28-20(13)25-18-5-15-10-29(11-16(15)6-18)22(32)27-17-3-4-17/h7-8,12,14-18,31H,3-6,9-11H2,1-2H3,(H,27,32)(H2,23,25,26,28). The molecule has 0 radical (unpaired) electrons. The molecule has 0 spiro atoms. The monoisotopic (exact) mass is 440 g/mol. The summed E-state index contributed by atoms with van der Waals surface area (Å²) in [4.78, 5) is 23.4. The molecule has 2 saturated carbocycles. The fraction of sp³-hybridized carbons (Fsp3) is 0.636. The number of aryl methyl sites for hydroxylation is 1. The summed E-state index contributed by atoms with van der Waals surface area (Å²) in [6.07, 6.45) is 9.23. The zero-order valence-corrected chi connectivity index (χ0v) is 18.7. The van der Waals surface area contributed by atoms with E-state index in [1.807, 2.05) is 24.2 Å². The normalized spacial score (nSPS) is 25.5. The third-order valence-corrected chi connectivity index (χ3v) is 6.60. The predicted octanol–water partition coefficient (Wildman–Crippen LogP) is 2.10. The minimum Gasteiger partial charge on any atom is -0.391 e. The highest BCUT2D eigenvalue weighted by Gasteiger charge is 2.43. The van der Waals surface area contributed by atoms with Crippen LogP contribution in [0.15, 0.2) is 18.6 Å². The highest BCUT2D eigenvalue weighted by molar-refractivity contribution is 5.75. The lowest BCUT2D eigenvalue weighted by Gasteiger charge is -2.21. The first kappa shape index (κ1) is 21.0. The van der Waals surface area contributed by atoms with E-state index in [2.05, 4.69) is 31.0 Å². The first-order valence-electron chi connectivity index (χ1n) is 11.6. The van der Waals surface area contributed by atoms with Crippen molar-refractivity contribution in [2.45, 2.75) is 64.3 Å². The highest BCUT2D eigenvalue weighted by Crippen LogP contribution is 2.39. The lowest BCUT2D eigenvalue weighted by Crippen LogP contribution is -2.40. The van der Waals surface area contributed by atoms with Gasteiger partial charge in [0.05, 0.1) is 24.5 Å².